The molecule has 3 aromatic heterocycles. The molecule has 1 aliphatic rings. The van der Waals surface area contributed by atoms with Crippen molar-refractivity contribution in [3.8, 4) is 0 Å². The van der Waals surface area contributed by atoms with Crippen molar-refractivity contribution in [3.63, 3.8) is 0 Å². The van der Waals surface area contributed by atoms with Crippen molar-refractivity contribution < 1.29 is 4.79 Å². The Labute approximate surface area is 162 Å². The number of amides is 1. The summed E-state index contributed by atoms with van der Waals surface area (Å²) in [5.74, 6) is 0.152. The van der Waals surface area contributed by atoms with Gasteiger partial charge >= 0.3 is 0 Å². The van der Waals surface area contributed by atoms with Crippen LogP contribution in [0.2, 0.25) is 0 Å². The first-order chi connectivity index (χ1) is 12.4. The minimum atomic E-state index is -0.560. The van der Waals surface area contributed by atoms with E-state index in [1.807, 2.05) is 6.92 Å². The van der Waals surface area contributed by atoms with Gasteiger partial charge in [-0.15, -0.1) is 11.3 Å². The van der Waals surface area contributed by atoms with Gasteiger partial charge in [0.05, 0.1) is 15.6 Å². The molecule has 1 unspecified atom stereocenters. The molecule has 7 nitrogen and oxygen atoms in total. The number of thiophene rings is 1. The van der Waals surface area contributed by atoms with Crippen LogP contribution in [-0.2, 0) is 17.6 Å². The summed E-state index contributed by atoms with van der Waals surface area (Å²) in [5.41, 5.74) is 4.41. The second kappa shape index (κ2) is 6.31. The molecule has 1 atom stereocenters. The molecule has 3 aromatic rings. The van der Waals surface area contributed by atoms with Gasteiger partial charge in [-0.2, -0.15) is 5.10 Å². The Balaban J connectivity index is 1.70. The van der Waals surface area contributed by atoms with Crippen LogP contribution in [0.15, 0.2) is 15.5 Å². The maximum absolute atomic E-state index is 13.0. The van der Waals surface area contributed by atoms with Crippen LogP contribution in [0, 0.1) is 13.8 Å². The van der Waals surface area contributed by atoms with Gasteiger partial charge in [0, 0.05) is 11.1 Å². The van der Waals surface area contributed by atoms with E-state index < -0.39 is 6.04 Å². The second-order valence-corrected chi connectivity index (χ2v) is 8.47. The number of nitrogens with one attached hydrogen (secondary N) is 1. The highest BCUT2D eigenvalue weighted by Gasteiger charge is 2.24. The van der Waals surface area contributed by atoms with Gasteiger partial charge in [0.1, 0.15) is 16.7 Å². The Hall–Kier alpha value is -2.00. The number of carbonyl (C=O) groups excluding carboxylic acids is 1. The van der Waals surface area contributed by atoms with E-state index in [0.717, 1.165) is 39.8 Å². The molecule has 0 spiro atoms. The third-order valence-corrected chi connectivity index (χ3v) is 6.73. The summed E-state index contributed by atoms with van der Waals surface area (Å²) in [6, 6.07) is -0.560. The van der Waals surface area contributed by atoms with Gasteiger partial charge in [-0.25, -0.2) is 9.66 Å². The number of fused-ring (bicyclic) bond motifs is 3. The molecule has 3 heterocycles. The molecule has 9 heteroatoms. The Morgan fingerprint density at radius 3 is 2.85 bits per heavy atom. The van der Waals surface area contributed by atoms with Crippen LogP contribution in [0.4, 0.5) is 0 Å². The van der Waals surface area contributed by atoms with Gasteiger partial charge in [0.2, 0.25) is 0 Å². The average molecular weight is 436 g/mol. The lowest BCUT2D eigenvalue weighted by atomic mass is 10.2. The summed E-state index contributed by atoms with van der Waals surface area (Å²) in [6.07, 6.45) is 4.73. The highest BCUT2D eigenvalue weighted by atomic mass is 79.9. The first-order valence-electron chi connectivity index (χ1n) is 8.43. The fraction of sp³-hybridized carbons (Fsp3) is 0.412. The Morgan fingerprint density at radius 1 is 1.38 bits per heavy atom. The molecule has 26 heavy (non-hydrogen) atoms. The van der Waals surface area contributed by atoms with Crippen LogP contribution < -0.4 is 11.0 Å². The second-order valence-electron chi connectivity index (χ2n) is 6.53. The molecule has 1 amide bonds. The zero-order valence-corrected chi connectivity index (χ0v) is 17.1. The van der Waals surface area contributed by atoms with Gasteiger partial charge in [0.25, 0.3) is 11.5 Å². The van der Waals surface area contributed by atoms with E-state index in [1.165, 1.54) is 9.55 Å². The number of hydrogen-bond donors (Lipinski definition) is 1. The van der Waals surface area contributed by atoms with Gasteiger partial charge in [-0.05, 0) is 61.5 Å². The Kier molecular flexibility index (Phi) is 4.23. The minimum Gasteiger partial charge on any atom is -0.271 e. The highest BCUT2D eigenvalue weighted by Crippen LogP contribution is 2.34. The van der Waals surface area contributed by atoms with E-state index in [-0.39, 0.29) is 11.5 Å². The lowest BCUT2D eigenvalue weighted by Gasteiger charge is -2.15. The zero-order valence-electron chi connectivity index (χ0n) is 14.7. The lowest BCUT2D eigenvalue weighted by molar-refractivity contribution is -0.120. The summed E-state index contributed by atoms with van der Waals surface area (Å²) < 4.78 is 3.67. The van der Waals surface area contributed by atoms with Crippen molar-refractivity contribution in [1.82, 2.24) is 19.4 Å². The van der Waals surface area contributed by atoms with Crippen LogP contribution in [-0.4, -0.2) is 25.3 Å². The van der Waals surface area contributed by atoms with E-state index in [2.05, 4.69) is 31.4 Å². The topological polar surface area (TPSA) is 81.8 Å². The monoisotopic (exact) mass is 435 g/mol. The maximum Gasteiger partial charge on any atom is 0.281 e. The number of nitrogens with zero attached hydrogens (tertiary/aromatic N) is 4. The van der Waals surface area contributed by atoms with Crippen molar-refractivity contribution in [2.24, 2.45) is 0 Å². The first kappa shape index (κ1) is 17.4. The van der Waals surface area contributed by atoms with Gasteiger partial charge in [-0.1, -0.05) is 0 Å². The number of carbonyl (C=O) groups is 1. The van der Waals surface area contributed by atoms with Crippen molar-refractivity contribution in [2.45, 2.75) is 46.1 Å². The van der Waals surface area contributed by atoms with Gasteiger partial charge < -0.3 is 0 Å². The summed E-state index contributed by atoms with van der Waals surface area (Å²) in [4.78, 5) is 32.2. The molecule has 136 valence electrons. The van der Waals surface area contributed by atoms with Crippen LogP contribution in [0.3, 0.4) is 0 Å². The van der Waals surface area contributed by atoms with Crippen LogP contribution in [0.1, 0.15) is 41.3 Å². The fourth-order valence-corrected chi connectivity index (χ4v) is 4.84. The summed E-state index contributed by atoms with van der Waals surface area (Å²) in [5, 5.41) is 4.97. The fourth-order valence-electron chi connectivity index (χ4n) is 3.26. The van der Waals surface area contributed by atoms with Gasteiger partial charge in [0.15, 0.2) is 0 Å². The largest absolute Gasteiger partial charge is 0.281 e. The molecule has 1 aliphatic carbocycles. The molecule has 0 radical (unpaired) electrons. The number of hydrogen-bond acceptors (Lipinski definition) is 5. The number of rotatable bonds is 3. The molecule has 0 fully saturated rings. The predicted molar refractivity (Wildman–Crippen MR) is 104 cm³/mol. The maximum atomic E-state index is 13.0. The molecule has 0 saturated heterocycles. The third-order valence-electron chi connectivity index (χ3n) is 4.76. The van der Waals surface area contributed by atoms with Crippen molar-refractivity contribution >= 4 is 43.4 Å². The average Bonchev–Trinajstić information content (AvgIpc) is 3.25. The Bertz CT molecular complexity index is 1080. The van der Waals surface area contributed by atoms with Crippen LogP contribution in [0.25, 0.3) is 10.2 Å². The standard InChI is InChI=1S/C17H18BrN5O2S/c1-8-12(18)7-22(20-8)9(2)15(24)21-23-10(3)19-16-14(17(23)25)11-5-4-6-13(11)26-16/h7,9H,4-6H2,1-3H3,(H,21,24). The van der Waals surface area contributed by atoms with Crippen molar-refractivity contribution in [2.75, 3.05) is 5.43 Å². The molecular weight excluding hydrogens is 418 g/mol. The molecule has 0 aromatic carbocycles. The SMILES string of the molecule is Cc1nn(C(C)C(=O)Nn2c(C)nc3sc4c(c3c2=O)CCC4)cc1Br. The molecular formula is C17H18BrN5O2S. The molecule has 0 saturated carbocycles. The molecule has 4 rings (SSSR count). The third kappa shape index (κ3) is 2.69. The smallest absolute Gasteiger partial charge is 0.271 e. The summed E-state index contributed by atoms with van der Waals surface area (Å²) >= 11 is 4.99. The van der Waals surface area contributed by atoms with Crippen LogP contribution in [0.5, 0.6) is 0 Å². The van der Waals surface area contributed by atoms with E-state index in [0.29, 0.717) is 11.2 Å². The predicted octanol–water partition coefficient (Wildman–Crippen LogP) is 2.85. The summed E-state index contributed by atoms with van der Waals surface area (Å²) in [7, 11) is 0. The normalized spacial score (nSPS) is 14.6. The van der Waals surface area contributed by atoms with Crippen molar-refractivity contribution in [3.05, 3.63) is 43.0 Å². The molecule has 1 N–H and O–H groups in total. The van der Waals surface area contributed by atoms with Crippen LogP contribution >= 0.6 is 27.3 Å². The quantitative estimate of drug-likeness (QED) is 0.685. The Morgan fingerprint density at radius 2 is 2.15 bits per heavy atom. The van der Waals surface area contributed by atoms with E-state index in [1.54, 1.807) is 36.1 Å². The number of aromatic nitrogens is 4. The molecule has 0 bridgehead atoms. The van der Waals surface area contributed by atoms with E-state index in [9.17, 15) is 9.59 Å². The summed E-state index contributed by atoms with van der Waals surface area (Å²) in [6.45, 7) is 5.32. The first-order valence-corrected chi connectivity index (χ1v) is 10.0. The zero-order chi connectivity index (χ0) is 18.6. The molecule has 0 aliphatic heterocycles. The van der Waals surface area contributed by atoms with E-state index in [4.69, 9.17) is 0 Å². The van der Waals surface area contributed by atoms with E-state index >= 15 is 0 Å². The van der Waals surface area contributed by atoms with Crippen molar-refractivity contribution in [1.29, 1.82) is 0 Å². The van der Waals surface area contributed by atoms with Gasteiger partial charge in [-0.3, -0.25) is 19.7 Å². The highest BCUT2D eigenvalue weighted by molar-refractivity contribution is 9.10. The number of halogens is 1. The lowest BCUT2D eigenvalue weighted by Crippen LogP contribution is -2.38. The number of aryl methyl sites for hydroxylation is 4. The minimum absolute atomic E-state index is 0.203.